The number of hydrogen-bond acceptors (Lipinski definition) is 4. The third-order valence-corrected chi connectivity index (χ3v) is 3.50. The number of aromatic amines is 1. The fourth-order valence-electron chi connectivity index (χ4n) is 2.60. The Morgan fingerprint density at radius 3 is 3.00 bits per heavy atom. The van der Waals surface area contributed by atoms with Gasteiger partial charge in [-0.3, -0.25) is 5.10 Å². The van der Waals surface area contributed by atoms with Gasteiger partial charge in [0.2, 0.25) is 0 Å². The Kier molecular flexibility index (Phi) is 3.71. The SMILES string of the molecule is CCOC(=O)c1n[nH]c2c1CC[C@](C)(COC)C2. The first-order valence-electron chi connectivity index (χ1n) is 6.32. The summed E-state index contributed by atoms with van der Waals surface area (Å²) in [5.74, 6) is -0.328. The van der Waals surface area contributed by atoms with Crippen molar-refractivity contribution in [1.29, 1.82) is 0 Å². The molecule has 0 amide bonds. The molecular weight excluding hydrogens is 232 g/mol. The fraction of sp³-hybridized carbons (Fsp3) is 0.692. The number of aromatic nitrogens is 2. The number of ether oxygens (including phenoxy) is 2. The normalized spacial score (nSPS) is 22.6. The minimum atomic E-state index is -0.328. The van der Waals surface area contributed by atoms with Crippen molar-refractivity contribution < 1.29 is 14.3 Å². The number of fused-ring (bicyclic) bond motifs is 1. The zero-order valence-corrected chi connectivity index (χ0v) is 11.2. The van der Waals surface area contributed by atoms with Crippen molar-refractivity contribution in [1.82, 2.24) is 10.2 Å². The maximum Gasteiger partial charge on any atom is 0.359 e. The van der Waals surface area contributed by atoms with Crippen LogP contribution in [-0.2, 0) is 22.3 Å². The first kappa shape index (κ1) is 13.1. The van der Waals surface area contributed by atoms with E-state index in [-0.39, 0.29) is 11.4 Å². The summed E-state index contributed by atoms with van der Waals surface area (Å²) in [4.78, 5) is 11.7. The number of hydrogen-bond donors (Lipinski definition) is 1. The summed E-state index contributed by atoms with van der Waals surface area (Å²) in [6, 6.07) is 0. The number of nitrogens with one attached hydrogen (secondary N) is 1. The quantitative estimate of drug-likeness (QED) is 0.829. The highest BCUT2D eigenvalue weighted by Gasteiger charge is 2.34. The van der Waals surface area contributed by atoms with E-state index in [2.05, 4.69) is 17.1 Å². The highest BCUT2D eigenvalue weighted by Crippen LogP contribution is 2.35. The van der Waals surface area contributed by atoms with Crippen LogP contribution in [0.2, 0.25) is 0 Å². The molecule has 0 aromatic carbocycles. The van der Waals surface area contributed by atoms with Crippen molar-refractivity contribution in [2.24, 2.45) is 5.41 Å². The summed E-state index contributed by atoms with van der Waals surface area (Å²) < 4.78 is 10.3. The van der Waals surface area contributed by atoms with Gasteiger partial charge in [0.1, 0.15) is 0 Å². The lowest BCUT2D eigenvalue weighted by atomic mass is 9.75. The fourth-order valence-corrected chi connectivity index (χ4v) is 2.60. The van der Waals surface area contributed by atoms with Crippen LogP contribution in [0.1, 0.15) is 42.0 Å². The third kappa shape index (κ3) is 2.41. The van der Waals surface area contributed by atoms with Gasteiger partial charge in [0.05, 0.1) is 13.2 Å². The molecule has 2 rings (SSSR count). The van der Waals surface area contributed by atoms with E-state index in [0.29, 0.717) is 12.3 Å². The first-order chi connectivity index (χ1) is 8.59. The molecule has 0 bridgehead atoms. The molecule has 1 heterocycles. The summed E-state index contributed by atoms with van der Waals surface area (Å²) in [5, 5.41) is 7.07. The van der Waals surface area contributed by atoms with Crippen molar-refractivity contribution in [3.8, 4) is 0 Å². The predicted octanol–water partition coefficient (Wildman–Crippen LogP) is 1.73. The van der Waals surface area contributed by atoms with Gasteiger partial charge >= 0.3 is 5.97 Å². The number of carbonyl (C=O) groups excluding carboxylic acids is 1. The van der Waals surface area contributed by atoms with Gasteiger partial charge in [0.15, 0.2) is 5.69 Å². The number of methoxy groups -OCH3 is 1. The Morgan fingerprint density at radius 2 is 2.33 bits per heavy atom. The largest absolute Gasteiger partial charge is 0.461 e. The molecule has 1 aromatic heterocycles. The maximum atomic E-state index is 11.7. The van der Waals surface area contributed by atoms with Crippen LogP contribution in [0, 0.1) is 5.41 Å². The van der Waals surface area contributed by atoms with E-state index in [1.165, 1.54) is 0 Å². The molecule has 1 aliphatic rings. The van der Waals surface area contributed by atoms with E-state index in [1.807, 2.05) is 0 Å². The lowest BCUT2D eigenvalue weighted by Crippen LogP contribution is -2.30. The zero-order chi connectivity index (χ0) is 13.2. The Balaban J connectivity index is 2.19. The van der Waals surface area contributed by atoms with E-state index in [1.54, 1.807) is 14.0 Å². The minimum Gasteiger partial charge on any atom is -0.461 e. The molecule has 1 atom stereocenters. The van der Waals surface area contributed by atoms with Crippen LogP contribution in [0.5, 0.6) is 0 Å². The molecule has 18 heavy (non-hydrogen) atoms. The lowest BCUT2D eigenvalue weighted by molar-refractivity contribution is 0.0516. The van der Waals surface area contributed by atoms with Crippen LogP contribution in [0.3, 0.4) is 0 Å². The van der Waals surface area contributed by atoms with E-state index >= 15 is 0 Å². The minimum absolute atomic E-state index is 0.125. The highest BCUT2D eigenvalue weighted by atomic mass is 16.5. The molecular formula is C13H20N2O3. The Hall–Kier alpha value is -1.36. The Bertz CT molecular complexity index is 441. The van der Waals surface area contributed by atoms with Gasteiger partial charge in [-0.15, -0.1) is 0 Å². The van der Waals surface area contributed by atoms with Crippen LogP contribution in [0.15, 0.2) is 0 Å². The van der Waals surface area contributed by atoms with Crippen molar-refractivity contribution in [3.63, 3.8) is 0 Å². The average Bonchev–Trinajstić information content (AvgIpc) is 2.71. The maximum absolute atomic E-state index is 11.7. The van der Waals surface area contributed by atoms with E-state index in [4.69, 9.17) is 9.47 Å². The topological polar surface area (TPSA) is 64.2 Å². The second-order valence-corrected chi connectivity index (χ2v) is 5.17. The van der Waals surface area contributed by atoms with Crippen LogP contribution in [0.25, 0.3) is 0 Å². The van der Waals surface area contributed by atoms with Crippen LogP contribution in [0.4, 0.5) is 0 Å². The van der Waals surface area contributed by atoms with Gasteiger partial charge in [0.25, 0.3) is 0 Å². The summed E-state index contributed by atoms with van der Waals surface area (Å²) in [7, 11) is 1.72. The summed E-state index contributed by atoms with van der Waals surface area (Å²) >= 11 is 0. The number of esters is 1. The predicted molar refractivity (Wildman–Crippen MR) is 66.6 cm³/mol. The molecule has 1 N–H and O–H groups in total. The molecule has 0 spiro atoms. The second-order valence-electron chi connectivity index (χ2n) is 5.17. The van der Waals surface area contributed by atoms with Gasteiger partial charge in [-0.05, 0) is 31.6 Å². The molecule has 0 aliphatic heterocycles. The van der Waals surface area contributed by atoms with Crippen molar-refractivity contribution >= 4 is 5.97 Å². The van der Waals surface area contributed by atoms with Gasteiger partial charge in [0, 0.05) is 18.4 Å². The molecule has 1 aromatic rings. The molecule has 5 nitrogen and oxygen atoms in total. The van der Waals surface area contributed by atoms with E-state index in [0.717, 1.165) is 37.1 Å². The number of rotatable bonds is 4. The standard InChI is InChI=1S/C13H20N2O3/c1-4-18-12(16)11-9-5-6-13(2,8-17-3)7-10(9)14-15-11/h4-8H2,1-3H3,(H,14,15)/t13-/m0/s1. The van der Waals surface area contributed by atoms with E-state index < -0.39 is 0 Å². The number of nitrogens with zero attached hydrogens (tertiary/aromatic N) is 1. The lowest BCUT2D eigenvalue weighted by Gasteiger charge is -2.32. The van der Waals surface area contributed by atoms with Crippen molar-refractivity contribution in [2.45, 2.75) is 33.1 Å². The number of H-pyrrole nitrogens is 1. The van der Waals surface area contributed by atoms with Gasteiger partial charge in [-0.25, -0.2) is 4.79 Å². The second kappa shape index (κ2) is 5.10. The molecule has 5 heteroatoms. The molecule has 1 aliphatic carbocycles. The third-order valence-electron chi connectivity index (χ3n) is 3.50. The van der Waals surface area contributed by atoms with Crippen LogP contribution in [-0.4, -0.2) is 36.5 Å². The first-order valence-corrected chi connectivity index (χ1v) is 6.32. The smallest absolute Gasteiger partial charge is 0.359 e. The highest BCUT2D eigenvalue weighted by molar-refractivity contribution is 5.89. The molecule has 0 fully saturated rings. The Labute approximate surface area is 107 Å². The monoisotopic (exact) mass is 252 g/mol. The number of carbonyl (C=O) groups is 1. The average molecular weight is 252 g/mol. The van der Waals surface area contributed by atoms with Gasteiger partial charge in [-0.1, -0.05) is 6.92 Å². The molecule has 100 valence electrons. The summed E-state index contributed by atoms with van der Waals surface area (Å²) in [5.41, 5.74) is 2.64. The summed E-state index contributed by atoms with van der Waals surface area (Å²) in [6.45, 7) is 5.10. The van der Waals surface area contributed by atoms with Gasteiger partial charge < -0.3 is 9.47 Å². The molecule has 0 saturated heterocycles. The summed E-state index contributed by atoms with van der Waals surface area (Å²) in [6.07, 6.45) is 2.71. The van der Waals surface area contributed by atoms with Crippen molar-refractivity contribution in [3.05, 3.63) is 17.0 Å². The Morgan fingerprint density at radius 1 is 1.56 bits per heavy atom. The zero-order valence-electron chi connectivity index (χ0n) is 11.2. The molecule has 0 saturated carbocycles. The van der Waals surface area contributed by atoms with Crippen molar-refractivity contribution in [2.75, 3.05) is 20.3 Å². The van der Waals surface area contributed by atoms with Crippen LogP contribution >= 0.6 is 0 Å². The molecule has 0 radical (unpaired) electrons. The molecule has 0 unspecified atom stereocenters. The van der Waals surface area contributed by atoms with E-state index in [9.17, 15) is 4.79 Å². The van der Waals surface area contributed by atoms with Crippen LogP contribution < -0.4 is 0 Å². The van der Waals surface area contributed by atoms with Gasteiger partial charge in [-0.2, -0.15) is 5.10 Å².